The van der Waals surface area contributed by atoms with Crippen LogP contribution >= 0.6 is 11.6 Å². The molecule has 1 heterocycles. The number of carbonyl (C=O) groups is 3. The Morgan fingerprint density at radius 2 is 1.72 bits per heavy atom. The quantitative estimate of drug-likeness (QED) is 0.475. The highest BCUT2D eigenvalue weighted by atomic mass is 35.5. The molecule has 7 heteroatoms. The van der Waals surface area contributed by atoms with E-state index in [1.54, 1.807) is 24.3 Å². The van der Waals surface area contributed by atoms with Gasteiger partial charge in [-0.05, 0) is 37.1 Å². The van der Waals surface area contributed by atoms with E-state index in [0.717, 1.165) is 4.90 Å². The number of carbonyl (C=O) groups excluding carboxylic acids is 3. The van der Waals surface area contributed by atoms with Gasteiger partial charge in [0.15, 0.2) is 0 Å². The number of benzene rings is 1. The summed E-state index contributed by atoms with van der Waals surface area (Å²) < 4.78 is 5.47. The molecule has 3 amide bonds. The third-order valence-electron chi connectivity index (χ3n) is 4.41. The fourth-order valence-corrected chi connectivity index (χ4v) is 3.24. The Bertz CT molecular complexity index is 676. The molecule has 132 valence electrons. The molecule has 0 unspecified atom stereocenters. The zero-order chi connectivity index (χ0) is 17.8. The smallest absolute Gasteiger partial charge is 0.240 e. The highest BCUT2D eigenvalue weighted by Gasteiger charge is 2.47. The van der Waals surface area contributed by atoms with Crippen LogP contribution in [-0.4, -0.2) is 42.3 Å². The first kappa shape index (κ1) is 17.5. The average molecular weight is 363 g/mol. The van der Waals surface area contributed by atoms with Crippen molar-refractivity contribution in [2.24, 2.45) is 11.8 Å². The van der Waals surface area contributed by atoms with Gasteiger partial charge in [0.05, 0.1) is 18.4 Å². The van der Waals surface area contributed by atoms with Crippen molar-refractivity contribution in [1.29, 1.82) is 0 Å². The number of hydrogen-bond donors (Lipinski definition) is 1. The summed E-state index contributed by atoms with van der Waals surface area (Å²) in [6, 6.07) is 6.91. The van der Waals surface area contributed by atoms with Gasteiger partial charge in [-0.25, -0.2) is 0 Å². The zero-order valence-corrected chi connectivity index (χ0v) is 14.4. The van der Waals surface area contributed by atoms with E-state index < -0.39 is 0 Å². The molecule has 3 rings (SSSR count). The van der Waals surface area contributed by atoms with Crippen molar-refractivity contribution in [3.05, 3.63) is 41.4 Å². The largest absolute Gasteiger partial charge is 0.492 e. The van der Waals surface area contributed by atoms with E-state index in [2.05, 4.69) is 5.32 Å². The molecule has 0 spiro atoms. The van der Waals surface area contributed by atoms with Gasteiger partial charge in [0.25, 0.3) is 0 Å². The topological polar surface area (TPSA) is 75.7 Å². The molecular formula is C18H19ClN2O4. The van der Waals surface area contributed by atoms with Crippen LogP contribution in [0, 0.1) is 11.8 Å². The van der Waals surface area contributed by atoms with Crippen molar-refractivity contribution in [2.75, 3.05) is 19.7 Å². The Balaban J connectivity index is 1.42. The van der Waals surface area contributed by atoms with Crippen molar-refractivity contribution in [2.45, 2.75) is 12.8 Å². The summed E-state index contributed by atoms with van der Waals surface area (Å²) in [5.41, 5.74) is 0. The van der Waals surface area contributed by atoms with Crippen LogP contribution in [0.1, 0.15) is 12.8 Å². The van der Waals surface area contributed by atoms with Gasteiger partial charge < -0.3 is 10.1 Å². The van der Waals surface area contributed by atoms with Crippen LogP contribution in [0.15, 0.2) is 36.4 Å². The standard InChI is InChI=1S/C18H19ClN2O4/c19-12-5-7-13(8-6-12)25-10-9-20-16(22)11-21-17(23)14-3-1-2-4-15(14)18(21)24/h1-2,5-8,14-15H,3-4,9-11H2,(H,20,22)/t14-,15-/m1/s1. The number of ether oxygens (including phenoxy) is 1. The van der Waals surface area contributed by atoms with E-state index in [9.17, 15) is 14.4 Å². The predicted octanol–water partition coefficient (Wildman–Crippen LogP) is 1.79. The molecule has 1 fully saturated rings. The van der Waals surface area contributed by atoms with E-state index in [4.69, 9.17) is 16.3 Å². The number of halogens is 1. The number of hydrogen-bond acceptors (Lipinski definition) is 4. The van der Waals surface area contributed by atoms with E-state index in [1.807, 2.05) is 12.2 Å². The van der Waals surface area contributed by atoms with E-state index >= 15 is 0 Å². The van der Waals surface area contributed by atoms with Crippen LogP contribution in [0.2, 0.25) is 5.02 Å². The maximum absolute atomic E-state index is 12.3. The number of nitrogens with zero attached hydrogens (tertiary/aromatic N) is 1. The second kappa shape index (κ2) is 7.70. The monoisotopic (exact) mass is 362 g/mol. The second-order valence-corrected chi connectivity index (χ2v) is 6.51. The van der Waals surface area contributed by atoms with Crippen LogP contribution in [0.5, 0.6) is 5.75 Å². The highest BCUT2D eigenvalue weighted by molar-refractivity contribution is 6.30. The van der Waals surface area contributed by atoms with Crippen molar-refractivity contribution in [1.82, 2.24) is 10.2 Å². The molecule has 25 heavy (non-hydrogen) atoms. The fourth-order valence-electron chi connectivity index (χ4n) is 3.11. The first-order valence-electron chi connectivity index (χ1n) is 8.21. The molecule has 2 aliphatic rings. The third-order valence-corrected chi connectivity index (χ3v) is 4.66. The number of rotatable bonds is 6. The van der Waals surface area contributed by atoms with Crippen LogP contribution < -0.4 is 10.1 Å². The molecule has 0 saturated carbocycles. The van der Waals surface area contributed by atoms with Gasteiger partial charge in [0.1, 0.15) is 18.9 Å². The maximum Gasteiger partial charge on any atom is 0.240 e. The summed E-state index contributed by atoms with van der Waals surface area (Å²) in [4.78, 5) is 37.7. The van der Waals surface area contributed by atoms with Gasteiger partial charge in [-0.15, -0.1) is 0 Å². The van der Waals surface area contributed by atoms with Crippen LogP contribution in [0.4, 0.5) is 0 Å². The van der Waals surface area contributed by atoms with Gasteiger partial charge >= 0.3 is 0 Å². The number of nitrogens with one attached hydrogen (secondary N) is 1. The molecule has 1 saturated heterocycles. The predicted molar refractivity (Wildman–Crippen MR) is 92.0 cm³/mol. The minimum absolute atomic E-state index is 0.231. The molecule has 1 aromatic rings. The Kier molecular flexibility index (Phi) is 5.38. The number of imide groups is 1. The molecule has 1 aliphatic carbocycles. The number of fused-ring (bicyclic) bond motifs is 1. The summed E-state index contributed by atoms with van der Waals surface area (Å²) in [6.07, 6.45) is 4.98. The zero-order valence-electron chi connectivity index (χ0n) is 13.6. The minimum Gasteiger partial charge on any atom is -0.492 e. The number of amides is 3. The Morgan fingerprint density at radius 1 is 1.12 bits per heavy atom. The van der Waals surface area contributed by atoms with Crippen molar-refractivity contribution >= 4 is 29.3 Å². The van der Waals surface area contributed by atoms with Gasteiger partial charge in [-0.3, -0.25) is 19.3 Å². The second-order valence-electron chi connectivity index (χ2n) is 6.07. The summed E-state index contributed by atoms with van der Waals surface area (Å²) in [5, 5.41) is 3.28. The maximum atomic E-state index is 12.3. The summed E-state index contributed by atoms with van der Waals surface area (Å²) in [7, 11) is 0. The lowest BCUT2D eigenvalue weighted by Gasteiger charge is -2.14. The van der Waals surface area contributed by atoms with E-state index in [-0.39, 0.29) is 49.3 Å². The number of allylic oxidation sites excluding steroid dienone is 2. The fraction of sp³-hybridized carbons (Fsp3) is 0.389. The van der Waals surface area contributed by atoms with Crippen LogP contribution in [0.3, 0.4) is 0 Å². The molecular weight excluding hydrogens is 344 g/mol. The average Bonchev–Trinajstić information content (AvgIpc) is 2.86. The first-order valence-corrected chi connectivity index (χ1v) is 8.59. The SMILES string of the molecule is O=C(CN1C(=O)[C@@H]2CC=CC[C@H]2C1=O)NCCOc1ccc(Cl)cc1. The third kappa shape index (κ3) is 4.02. The van der Waals surface area contributed by atoms with Gasteiger partial charge in [-0.2, -0.15) is 0 Å². The lowest BCUT2D eigenvalue weighted by Crippen LogP contribution is -2.42. The van der Waals surface area contributed by atoms with Gasteiger partial charge in [-0.1, -0.05) is 23.8 Å². The molecule has 0 radical (unpaired) electrons. The minimum atomic E-state index is -0.368. The van der Waals surface area contributed by atoms with Crippen molar-refractivity contribution in [3.8, 4) is 5.75 Å². The highest BCUT2D eigenvalue weighted by Crippen LogP contribution is 2.34. The van der Waals surface area contributed by atoms with Crippen LogP contribution in [-0.2, 0) is 14.4 Å². The summed E-state index contributed by atoms with van der Waals surface area (Å²) in [6.45, 7) is 0.335. The Hall–Kier alpha value is -2.34. The summed E-state index contributed by atoms with van der Waals surface area (Å²) >= 11 is 5.79. The molecule has 0 bridgehead atoms. The Labute approximate surface area is 150 Å². The van der Waals surface area contributed by atoms with Crippen molar-refractivity contribution < 1.29 is 19.1 Å². The van der Waals surface area contributed by atoms with E-state index in [0.29, 0.717) is 23.6 Å². The van der Waals surface area contributed by atoms with Gasteiger partial charge in [0, 0.05) is 5.02 Å². The van der Waals surface area contributed by atoms with E-state index in [1.165, 1.54) is 0 Å². The lowest BCUT2D eigenvalue weighted by molar-refractivity contribution is -0.143. The lowest BCUT2D eigenvalue weighted by atomic mass is 9.85. The molecule has 0 aromatic heterocycles. The summed E-state index contributed by atoms with van der Waals surface area (Å²) in [5.74, 6) is -0.816. The molecule has 1 N–H and O–H groups in total. The molecule has 1 aromatic carbocycles. The molecule has 6 nitrogen and oxygen atoms in total. The first-order chi connectivity index (χ1) is 12.1. The normalized spacial score (nSPS) is 22.0. The molecule has 1 aliphatic heterocycles. The van der Waals surface area contributed by atoms with Crippen LogP contribution in [0.25, 0.3) is 0 Å². The van der Waals surface area contributed by atoms with Gasteiger partial charge in [0.2, 0.25) is 17.7 Å². The Morgan fingerprint density at radius 3 is 2.32 bits per heavy atom. The molecule has 2 atom stereocenters. The van der Waals surface area contributed by atoms with Crippen molar-refractivity contribution in [3.63, 3.8) is 0 Å². The number of likely N-dealkylation sites (tertiary alicyclic amines) is 1.